The number of carbonyl (C=O) groups is 1. The predicted octanol–water partition coefficient (Wildman–Crippen LogP) is 1.98. The highest BCUT2D eigenvalue weighted by Gasteiger charge is 1.97. The number of hydrogen-bond acceptors (Lipinski definition) is 2. The summed E-state index contributed by atoms with van der Waals surface area (Å²) in [5, 5.41) is 0. The monoisotopic (exact) mass is 206 g/mol. The van der Waals surface area contributed by atoms with Crippen molar-refractivity contribution in [2.24, 2.45) is 5.73 Å². The van der Waals surface area contributed by atoms with Gasteiger partial charge < -0.3 is 5.73 Å². The van der Waals surface area contributed by atoms with E-state index in [-0.39, 0.29) is 5.91 Å². The maximum atomic E-state index is 10.5. The average molecular weight is 206 g/mol. The largest absolute Gasteiger partial charge is 0.370 e. The van der Waals surface area contributed by atoms with Gasteiger partial charge in [0.15, 0.2) is 0 Å². The van der Waals surface area contributed by atoms with Crippen LogP contribution in [0.4, 0.5) is 0 Å². The van der Waals surface area contributed by atoms with Crippen LogP contribution < -0.4 is 5.73 Å². The van der Waals surface area contributed by atoms with Gasteiger partial charge in [0, 0.05) is 18.3 Å². The normalized spacial score (nSPS) is 10.2. The van der Waals surface area contributed by atoms with Crippen LogP contribution in [-0.4, -0.2) is 10.9 Å². The molecule has 1 aromatic heterocycles. The fraction of sp³-hybridized carbons (Fsp3) is 0.500. The van der Waals surface area contributed by atoms with Crippen LogP contribution in [0.2, 0.25) is 0 Å². The number of aromatic nitrogens is 1. The van der Waals surface area contributed by atoms with E-state index in [2.05, 4.69) is 18.0 Å². The second-order valence-electron chi connectivity index (χ2n) is 3.85. The molecule has 0 unspecified atom stereocenters. The van der Waals surface area contributed by atoms with Gasteiger partial charge >= 0.3 is 0 Å². The Morgan fingerprint density at radius 3 is 2.87 bits per heavy atom. The molecule has 0 spiro atoms. The van der Waals surface area contributed by atoms with E-state index in [4.69, 9.17) is 5.73 Å². The lowest BCUT2D eigenvalue weighted by Gasteiger charge is -2.01. The van der Waals surface area contributed by atoms with Crippen molar-refractivity contribution in [3.8, 4) is 0 Å². The molecule has 0 saturated heterocycles. The third-order valence-corrected chi connectivity index (χ3v) is 2.33. The van der Waals surface area contributed by atoms with E-state index in [1.807, 2.05) is 12.3 Å². The first kappa shape index (κ1) is 11.7. The number of hydrogen-bond donors (Lipinski definition) is 1. The summed E-state index contributed by atoms with van der Waals surface area (Å²) in [5.74, 6) is -0.205. The van der Waals surface area contributed by atoms with Gasteiger partial charge in [-0.15, -0.1) is 0 Å². The maximum Gasteiger partial charge on any atom is 0.217 e. The van der Waals surface area contributed by atoms with Crippen molar-refractivity contribution in [3.05, 3.63) is 29.6 Å². The van der Waals surface area contributed by atoms with E-state index in [0.29, 0.717) is 6.42 Å². The number of carbonyl (C=O) groups excluding carboxylic acids is 1. The first-order chi connectivity index (χ1) is 7.18. The second-order valence-corrected chi connectivity index (χ2v) is 3.85. The van der Waals surface area contributed by atoms with Gasteiger partial charge in [-0.1, -0.05) is 6.42 Å². The maximum absolute atomic E-state index is 10.5. The molecule has 3 nitrogen and oxygen atoms in total. The van der Waals surface area contributed by atoms with E-state index in [1.165, 1.54) is 5.56 Å². The summed E-state index contributed by atoms with van der Waals surface area (Å²) in [4.78, 5) is 14.8. The van der Waals surface area contributed by atoms with Crippen LogP contribution in [0.1, 0.15) is 36.9 Å². The molecule has 1 heterocycles. The van der Waals surface area contributed by atoms with Crippen molar-refractivity contribution < 1.29 is 4.79 Å². The van der Waals surface area contributed by atoms with Gasteiger partial charge in [0.25, 0.3) is 0 Å². The minimum atomic E-state index is -0.205. The number of unbranched alkanes of at least 4 members (excludes halogenated alkanes) is 2. The zero-order chi connectivity index (χ0) is 11.1. The molecule has 0 fully saturated rings. The lowest BCUT2D eigenvalue weighted by atomic mass is 10.1. The molecule has 1 amide bonds. The molecule has 0 aliphatic carbocycles. The highest BCUT2D eigenvalue weighted by Crippen LogP contribution is 2.07. The molecule has 0 aromatic carbocycles. The predicted molar refractivity (Wildman–Crippen MR) is 60.3 cm³/mol. The van der Waals surface area contributed by atoms with Crippen molar-refractivity contribution in [2.75, 3.05) is 0 Å². The zero-order valence-corrected chi connectivity index (χ0v) is 9.20. The molecular formula is C12H18N2O. The Hall–Kier alpha value is -1.38. The summed E-state index contributed by atoms with van der Waals surface area (Å²) in [5.41, 5.74) is 7.44. The molecule has 0 bridgehead atoms. The number of rotatable bonds is 6. The molecule has 82 valence electrons. The number of amides is 1. The van der Waals surface area contributed by atoms with E-state index in [0.717, 1.165) is 31.4 Å². The molecule has 0 aliphatic rings. The smallest absolute Gasteiger partial charge is 0.217 e. The average Bonchev–Trinajstić information content (AvgIpc) is 2.17. The van der Waals surface area contributed by atoms with Crippen LogP contribution in [0.5, 0.6) is 0 Å². The third-order valence-electron chi connectivity index (χ3n) is 2.33. The molecule has 0 atom stereocenters. The zero-order valence-electron chi connectivity index (χ0n) is 9.20. The van der Waals surface area contributed by atoms with Crippen LogP contribution in [0.3, 0.4) is 0 Å². The Kier molecular flexibility index (Phi) is 4.81. The summed E-state index contributed by atoms with van der Waals surface area (Å²) >= 11 is 0. The summed E-state index contributed by atoms with van der Waals surface area (Å²) < 4.78 is 0. The van der Waals surface area contributed by atoms with Crippen LogP contribution in [-0.2, 0) is 11.2 Å². The van der Waals surface area contributed by atoms with E-state index < -0.39 is 0 Å². The lowest BCUT2D eigenvalue weighted by molar-refractivity contribution is -0.118. The van der Waals surface area contributed by atoms with Gasteiger partial charge in [-0.2, -0.15) is 0 Å². The Bertz CT molecular complexity index is 323. The highest BCUT2D eigenvalue weighted by molar-refractivity contribution is 5.73. The van der Waals surface area contributed by atoms with Gasteiger partial charge in [0.05, 0.1) is 0 Å². The number of nitrogens with zero attached hydrogens (tertiary/aromatic N) is 1. The Balaban J connectivity index is 2.17. The number of nitrogens with two attached hydrogens (primary N) is 1. The Morgan fingerprint density at radius 2 is 2.20 bits per heavy atom. The quantitative estimate of drug-likeness (QED) is 0.723. The summed E-state index contributed by atoms with van der Waals surface area (Å²) in [6, 6.07) is 4.10. The van der Waals surface area contributed by atoms with Crippen molar-refractivity contribution in [1.29, 1.82) is 0 Å². The summed E-state index contributed by atoms with van der Waals surface area (Å²) in [7, 11) is 0. The molecule has 0 aliphatic heterocycles. The van der Waals surface area contributed by atoms with Gasteiger partial charge in [0.1, 0.15) is 0 Å². The molecule has 2 N–H and O–H groups in total. The lowest BCUT2D eigenvalue weighted by Crippen LogP contribution is -2.09. The standard InChI is InChI=1S/C12H18N2O/c1-10-7-8-14-11(9-10)5-3-2-4-6-12(13)15/h7-9H,2-6H2,1H3,(H2,13,15). The van der Waals surface area contributed by atoms with Crippen LogP contribution in [0, 0.1) is 6.92 Å². The molecule has 0 radical (unpaired) electrons. The van der Waals surface area contributed by atoms with Crippen LogP contribution in [0.25, 0.3) is 0 Å². The summed E-state index contributed by atoms with van der Waals surface area (Å²) in [6.45, 7) is 2.07. The van der Waals surface area contributed by atoms with E-state index in [9.17, 15) is 4.79 Å². The fourth-order valence-electron chi connectivity index (χ4n) is 1.52. The highest BCUT2D eigenvalue weighted by atomic mass is 16.1. The van der Waals surface area contributed by atoms with Gasteiger partial charge in [-0.3, -0.25) is 9.78 Å². The third kappa shape index (κ3) is 5.15. The van der Waals surface area contributed by atoms with Crippen molar-refractivity contribution >= 4 is 5.91 Å². The van der Waals surface area contributed by atoms with E-state index >= 15 is 0 Å². The topological polar surface area (TPSA) is 56.0 Å². The molecule has 3 heteroatoms. The molecule has 0 saturated carbocycles. The molecule has 1 rings (SSSR count). The molecule has 15 heavy (non-hydrogen) atoms. The Labute approximate surface area is 90.7 Å². The van der Waals surface area contributed by atoms with Gasteiger partial charge in [-0.25, -0.2) is 0 Å². The first-order valence-corrected chi connectivity index (χ1v) is 5.38. The van der Waals surface area contributed by atoms with Crippen molar-refractivity contribution in [1.82, 2.24) is 4.98 Å². The summed E-state index contributed by atoms with van der Waals surface area (Å²) in [6.07, 6.45) is 6.33. The van der Waals surface area contributed by atoms with E-state index in [1.54, 1.807) is 0 Å². The number of primary amides is 1. The minimum Gasteiger partial charge on any atom is -0.370 e. The SMILES string of the molecule is Cc1ccnc(CCCCCC(N)=O)c1. The fourth-order valence-corrected chi connectivity index (χ4v) is 1.52. The molecular weight excluding hydrogens is 188 g/mol. The second kappa shape index (κ2) is 6.17. The van der Waals surface area contributed by atoms with Gasteiger partial charge in [0.2, 0.25) is 5.91 Å². The molecule has 1 aromatic rings. The van der Waals surface area contributed by atoms with Gasteiger partial charge in [-0.05, 0) is 43.9 Å². The Morgan fingerprint density at radius 1 is 1.40 bits per heavy atom. The minimum absolute atomic E-state index is 0.205. The van der Waals surface area contributed by atoms with Crippen molar-refractivity contribution in [3.63, 3.8) is 0 Å². The number of aryl methyl sites for hydroxylation is 2. The van der Waals surface area contributed by atoms with Crippen LogP contribution >= 0.6 is 0 Å². The number of pyridine rings is 1. The first-order valence-electron chi connectivity index (χ1n) is 5.38. The van der Waals surface area contributed by atoms with Crippen LogP contribution in [0.15, 0.2) is 18.3 Å². The van der Waals surface area contributed by atoms with Crippen molar-refractivity contribution in [2.45, 2.75) is 39.0 Å².